The number of rotatable bonds is 5. The first-order valence-electron chi connectivity index (χ1n) is 5.35. The van der Waals surface area contributed by atoms with Crippen LogP contribution in [0.3, 0.4) is 0 Å². The summed E-state index contributed by atoms with van der Waals surface area (Å²) in [6.07, 6.45) is 3.97. The minimum Gasteiger partial charge on any atom is -0.449 e. The molecule has 0 aromatic heterocycles. The van der Waals surface area contributed by atoms with Gasteiger partial charge in [-0.25, -0.2) is 4.79 Å². The lowest BCUT2D eigenvalue weighted by Crippen LogP contribution is -2.29. The van der Waals surface area contributed by atoms with Crippen LogP contribution in [0.25, 0.3) is 6.08 Å². The van der Waals surface area contributed by atoms with Crippen molar-refractivity contribution in [3.05, 3.63) is 35.9 Å². The molecule has 5 heteroatoms. The Labute approximate surface area is 110 Å². The molecule has 0 radical (unpaired) electrons. The highest BCUT2D eigenvalue weighted by atomic mass is 32.2. The van der Waals surface area contributed by atoms with E-state index in [4.69, 9.17) is 10.5 Å². The number of benzene rings is 1. The highest BCUT2D eigenvalue weighted by molar-refractivity contribution is 7.98. The molecule has 18 heavy (non-hydrogen) atoms. The topological polar surface area (TPSA) is 69.4 Å². The van der Waals surface area contributed by atoms with Crippen LogP contribution in [0.1, 0.15) is 12.5 Å². The molecule has 1 rings (SSSR count). The first-order chi connectivity index (χ1) is 8.52. The number of thioether (sulfide) groups is 1. The quantitative estimate of drug-likeness (QED) is 0.501. The summed E-state index contributed by atoms with van der Waals surface area (Å²) in [5.41, 5.74) is 5.87. The summed E-state index contributed by atoms with van der Waals surface area (Å²) in [5.74, 6) is -1.25. The van der Waals surface area contributed by atoms with E-state index in [1.165, 1.54) is 13.0 Å². The van der Waals surface area contributed by atoms with Crippen LogP contribution in [0.2, 0.25) is 0 Å². The average molecular weight is 265 g/mol. The van der Waals surface area contributed by atoms with Crippen LogP contribution < -0.4 is 5.73 Å². The zero-order valence-corrected chi connectivity index (χ0v) is 11.1. The van der Waals surface area contributed by atoms with Crippen molar-refractivity contribution in [3.63, 3.8) is 0 Å². The monoisotopic (exact) mass is 265 g/mol. The summed E-state index contributed by atoms with van der Waals surface area (Å²) >= 11 is 1.65. The van der Waals surface area contributed by atoms with Crippen molar-refractivity contribution in [2.24, 2.45) is 5.73 Å². The summed E-state index contributed by atoms with van der Waals surface area (Å²) in [5, 5.41) is 0. The molecule has 1 atom stereocenters. The predicted molar refractivity (Wildman–Crippen MR) is 72.0 cm³/mol. The van der Waals surface area contributed by atoms with Crippen LogP contribution in [0.4, 0.5) is 0 Å². The van der Waals surface area contributed by atoms with Gasteiger partial charge in [0.25, 0.3) is 5.91 Å². The van der Waals surface area contributed by atoms with E-state index >= 15 is 0 Å². The lowest BCUT2D eigenvalue weighted by molar-refractivity contribution is -0.148. The molecule has 0 bridgehead atoms. The van der Waals surface area contributed by atoms with Gasteiger partial charge in [0.2, 0.25) is 0 Å². The van der Waals surface area contributed by atoms with Gasteiger partial charge in [0.05, 0.1) is 0 Å². The summed E-state index contributed by atoms with van der Waals surface area (Å²) in [6.45, 7) is 1.43. The molecule has 0 unspecified atom stereocenters. The third-order valence-electron chi connectivity index (χ3n) is 2.22. The molecule has 0 saturated carbocycles. The van der Waals surface area contributed by atoms with Gasteiger partial charge in [-0.2, -0.15) is 0 Å². The van der Waals surface area contributed by atoms with Gasteiger partial charge in [0, 0.05) is 11.0 Å². The van der Waals surface area contributed by atoms with Gasteiger partial charge in [0.15, 0.2) is 6.10 Å². The van der Waals surface area contributed by atoms with Crippen LogP contribution in [-0.2, 0) is 14.3 Å². The highest BCUT2D eigenvalue weighted by Crippen LogP contribution is 2.15. The number of hydrogen-bond donors (Lipinski definition) is 1. The standard InChI is InChI=1S/C13H15NO3S/c1-9(13(14)16)17-12(15)8-5-10-3-6-11(18-2)7-4-10/h3-9H,1-2H3,(H2,14,16)/b8-5+/t9-/m0/s1. The van der Waals surface area contributed by atoms with Gasteiger partial charge in [-0.1, -0.05) is 12.1 Å². The van der Waals surface area contributed by atoms with Crippen molar-refractivity contribution in [1.82, 2.24) is 0 Å². The summed E-state index contributed by atoms with van der Waals surface area (Å²) < 4.78 is 4.77. The fourth-order valence-corrected chi connectivity index (χ4v) is 1.56. The number of esters is 1. The van der Waals surface area contributed by atoms with E-state index in [0.29, 0.717) is 0 Å². The number of amides is 1. The van der Waals surface area contributed by atoms with E-state index in [-0.39, 0.29) is 0 Å². The first kappa shape index (κ1) is 14.3. The molecular formula is C13H15NO3S. The first-order valence-corrected chi connectivity index (χ1v) is 6.57. The molecule has 0 aliphatic heterocycles. The molecule has 0 heterocycles. The van der Waals surface area contributed by atoms with Crippen LogP contribution in [0.5, 0.6) is 0 Å². The summed E-state index contributed by atoms with van der Waals surface area (Å²) in [7, 11) is 0. The third kappa shape index (κ3) is 4.63. The fraction of sp³-hybridized carbons (Fsp3) is 0.231. The van der Waals surface area contributed by atoms with E-state index in [1.807, 2.05) is 30.5 Å². The maximum Gasteiger partial charge on any atom is 0.331 e. The minimum absolute atomic E-state index is 0.588. The molecule has 0 aliphatic carbocycles. The van der Waals surface area contributed by atoms with Crippen molar-refractivity contribution in [1.29, 1.82) is 0 Å². The van der Waals surface area contributed by atoms with Gasteiger partial charge in [-0.05, 0) is 37.0 Å². The van der Waals surface area contributed by atoms with E-state index in [0.717, 1.165) is 10.5 Å². The van der Waals surface area contributed by atoms with Crippen molar-refractivity contribution in [3.8, 4) is 0 Å². The molecule has 0 aliphatic rings. The van der Waals surface area contributed by atoms with Crippen LogP contribution in [-0.4, -0.2) is 24.2 Å². The number of ether oxygens (including phenoxy) is 1. The molecular weight excluding hydrogens is 250 g/mol. The molecule has 0 fully saturated rings. The molecule has 96 valence electrons. The maximum atomic E-state index is 11.3. The number of hydrogen-bond acceptors (Lipinski definition) is 4. The average Bonchev–Trinajstić information content (AvgIpc) is 2.36. The highest BCUT2D eigenvalue weighted by Gasteiger charge is 2.11. The molecule has 0 saturated heterocycles. The van der Waals surface area contributed by atoms with Crippen LogP contribution in [0.15, 0.2) is 35.2 Å². The Balaban J connectivity index is 2.57. The van der Waals surface area contributed by atoms with Gasteiger partial charge in [-0.3, -0.25) is 4.79 Å². The molecule has 0 spiro atoms. The zero-order chi connectivity index (χ0) is 13.5. The lowest BCUT2D eigenvalue weighted by Gasteiger charge is -2.06. The predicted octanol–water partition coefficient (Wildman–Crippen LogP) is 1.84. The second kappa shape index (κ2) is 6.86. The number of carbonyl (C=O) groups excluding carboxylic acids is 2. The Hall–Kier alpha value is -1.75. The van der Waals surface area contributed by atoms with Crippen molar-refractivity contribution >= 4 is 29.7 Å². The number of primary amides is 1. The zero-order valence-electron chi connectivity index (χ0n) is 10.3. The normalized spacial score (nSPS) is 12.3. The Bertz CT molecular complexity index is 454. The Kier molecular flexibility index (Phi) is 5.45. The maximum absolute atomic E-state index is 11.3. The second-order valence-corrected chi connectivity index (χ2v) is 4.47. The van der Waals surface area contributed by atoms with E-state index in [2.05, 4.69) is 0 Å². The smallest absolute Gasteiger partial charge is 0.331 e. The van der Waals surface area contributed by atoms with Crippen molar-refractivity contribution < 1.29 is 14.3 Å². The third-order valence-corrected chi connectivity index (χ3v) is 2.96. The number of nitrogens with two attached hydrogens (primary N) is 1. The SMILES string of the molecule is CSc1ccc(/C=C/C(=O)O[C@@H](C)C(N)=O)cc1. The van der Waals surface area contributed by atoms with Gasteiger partial charge < -0.3 is 10.5 Å². The Morgan fingerprint density at radius 3 is 2.44 bits per heavy atom. The van der Waals surface area contributed by atoms with Crippen LogP contribution >= 0.6 is 11.8 Å². The van der Waals surface area contributed by atoms with Gasteiger partial charge in [0.1, 0.15) is 0 Å². The summed E-state index contributed by atoms with van der Waals surface area (Å²) in [6, 6.07) is 7.71. The van der Waals surface area contributed by atoms with E-state index in [1.54, 1.807) is 17.8 Å². The Morgan fingerprint density at radius 1 is 1.33 bits per heavy atom. The fourth-order valence-electron chi connectivity index (χ4n) is 1.15. The second-order valence-electron chi connectivity index (χ2n) is 3.59. The molecule has 1 amide bonds. The largest absolute Gasteiger partial charge is 0.449 e. The van der Waals surface area contributed by atoms with Gasteiger partial charge >= 0.3 is 5.97 Å². The molecule has 1 aromatic rings. The van der Waals surface area contributed by atoms with Gasteiger partial charge in [-0.15, -0.1) is 11.8 Å². The van der Waals surface area contributed by atoms with Crippen LogP contribution in [0, 0.1) is 0 Å². The number of carbonyl (C=O) groups is 2. The van der Waals surface area contributed by atoms with E-state index in [9.17, 15) is 9.59 Å². The minimum atomic E-state index is -0.916. The summed E-state index contributed by atoms with van der Waals surface area (Å²) in [4.78, 5) is 23.2. The molecule has 1 aromatic carbocycles. The Morgan fingerprint density at radius 2 is 1.94 bits per heavy atom. The molecule has 4 nitrogen and oxygen atoms in total. The van der Waals surface area contributed by atoms with Crippen molar-refractivity contribution in [2.45, 2.75) is 17.9 Å². The molecule has 2 N–H and O–H groups in total. The lowest BCUT2D eigenvalue weighted by atomic mass is 10.2. The van der Waals surface area contributed by atoms with E-state index < -0.39 is 18.0 Å². The van der Waals surface area contributed by atoms with Crippen molar-refractivity contribution in [2.75, 3.05) is 6.26 Å².